The fourth-order valence-corrected chi connectivity index (χ4v) is 8.82. The summed E-state index contributed by atoms with van der Waals surface area (Å²) in [4.78, 5) is 2.42. The summed E-state index contributed by atoms with van der Waals surface area (Å²) in [5, 5.41) is 2.45. The van der Waals surface area contributed by atoms with E-state index in [-0.39, 0.29) is 0 Å². The zero-order chi connectivity index (χ0) is 37.0. The quantitative estimate of drug-likeness (QED) is 0.172. The topological polar surface area (TPSA) is 8.17 Å². The van der Waals surface area contributed by atoms with Crippen LogP contribution in [0.2, 0.25) is 0 Å². The van der Waals surface area contributed by atoms with Crippen molar-refractivity contribution in [1.29, 1.82) is 0 Å². The minimum Gasteiger partial charge on any atom is -0.310 e. The van der Waals surface area contributed by atoms with Crippen LogP contribution >= 0.6 is 0 Å². The van der Waals surface area contributed by atoms with Crippen LogP contribution in [0.25, 0.3) is 83.1 Å². The number of anilines is 3. The van der Waals surface area contributed by atoms with Gasteiger partial charge < -0.3 is 9.47 Å². The number of rotatable bonds is 5. The fraction of sp³-hybridized carbons (Fsp3) is 0. The van der Waals surface area contributed by atoms with Gasteiger partial charge in [0.05, 0.1) is 11.0 Å². The molecule has 0 fully saturated rings. The van der Waals surface area contributed by atoms with Gasteiger partial charge in [-0.25, -0.2) is 0 Å². The van der Waals surface area contributed by atoms with E-state index in [9.17, 15) is 0 Å². The van der Waals surface area contributed by atoms with Crippen molar-refractivity contribution in [3.8, 4) is 61.3 Å². The highest BCUT2D eigenvalue weighted by molar-refractivity contribution is 6.11. The average molecular weight is 713 g/mol. The van der Waals surface area contributed by atoms with Gasteiger partial charge in [0, 0.05) is 33.5 Å². The van der Waals surface area contributed by atoms with Gasteiger partial charge in [-0.3, -0.25) is 0 Å². The van der Waals surface area contributed by atoms with Gasteiger partial charge >= 0.3 is 0 Å². The Bertz CT molecular complexity index is 3060. The molecule has 1 heterocycles. The Balaban J connectivity index is 1.15. The zero-order valence-corrected chi connectivity index (χ0v) is 30.7. The van der Waals surface area contributed by atoms with Crippen LogP contribution in [0, 0.1) is 0 Å². The molecular formula is C54H36N2. The van der Waals surface area contributed by atoms with Crippen molar-refractivity contribution < 1.29 is 0 Å². The van der Waals surface area contributed by atoms with Crippen LogP contribution in [0.4, 0.5) is 17.1 Å². The van der Waals surface area contributed by atoms with Crippen molar-refractivity contribution in [1.82, 2.24) is 4.57 Å². The van der Waals surface area contributed by atoms with Crippen LogP contribution < -0.4 is 4.90 Å². The van der Waals surface area contributed by atoms with Crippen molar-refractivity contribution in [3.63, 3.8) is 0 Å². The Morgan fingerprint density at radius 3 is 1.32 bits per heavy atom. The summed E-state index contributed by atoms with van der Waals surface area (Å²) in [6.45, 7) is 0. The van der Waals surface area contributed by atoms with Crippen molar-refractivity contribution in [3.05, 3.63) is 218 Å². The van der Waals surface area contributed by atoms with Gasteiger partial charge in [0.25, 0.3) is 0 Å². The van der Waals surface area contributed by atoms with Crippen molar-refractivity contribution in [2.24, 2.45) is 0 Å². The number of hydrogen-bond donors (Lipinski definition) is 0. The fourth-order valence-electron chi connectivity index (χ4n) is 8.82. The van der Waals surface area contributed by atoms with E-state index < -0.39 is 0 Å². The first-order valence-corrected chi connectivity index (χ1v) is 19.3. The summed E-state index contributed by atoms with van der Waals surface area (Å²) in [6, 6.07) is 79.6. The normalized spacial score (nSPS) is 11.6. The van der Waals surface area contributed by atoms with Crippen LogP contribution in [0.3, 0.4) is 0 Å². The molecule has 0 spiro atoms. The van der Waals surface area contributed by atoms with Crippen LogP contribution in [0.1, 0.15) is 0 Å². The third-order valence-electron chi connectivity index (χ3n) is 11.4. The molecule has 1 aliphatic carbocycles. The lowest BCUT2D eigenvalue weighted by Crippen LogP contribution is -2.10. The van der Waals surface area contributed by atoms with Gasteiger partial charge in [0.1, 0.15) is 0 Å². The van der Waals surface area contributed by atoms with Gasteiger partial charge in [-0.15, -0.1) is 0 Å². The largest absolute Gasteiger partial charge is 0.310 e. The van der Waals surface area contributed by atoms with E-state index in [0.717, 1.165) is 22.7 Å². The Morgan fingerprint density at radius 1 is 0.268 bits per heavy atom. The Morgan fingerprint density at radius 2 is 0.696 bits per heavy atom. The molecule has 10 aromatic rings. The molecule has 11 rings (SSSR count). The van der Waals surface area contributed by atoms with Crippen LogP contribution in [0.5, 0.6) is 0 Å². The van der Waals surface area contributed by atoms with E-state index in [1.807, 2.05) is 0 Å². The standard InChI is InChI=1S/C54H36N2/c1-3-15-37(16-4-1)38-27-29-40(30-28-38)55(42-32-34-54-52(36-42)50-25-13-14-26-53(50)56(54)39-17-5-2-6-18-39)41-31-33-49-47-23-10-9-21-45(47)43-19-7-8-20-44(43)46-22-11-12-24-48(46)51(49)35-41/h1-36H. The minimum atomic E-state index is 1.10. The van der Waals surface area contributed by atoms with E-state index in [1.54, 1.807) is 0 Å². The molecule has 1 aliphatic rings. The second kappa shape index (κ2) is 13.2. The number of aromatic nitrogens is 1. The van der Waals surface area contributed by atoms with Gasteiger partial charge in [0.2, 0.25) is 0 Å². The first-order valence-electron chi connectivity index (χ1n) is 19.3. The number of fused-ring (bicyclic) bond motifs is 11. The molecule has 0 unspecified atom stereocenters. The predicted octanol–water partition coefficient (Wildman–Crippen LogP) is 14.9. The highest BCUT2D eigenvalue weighted by atomic mass is 15.1. The lowest BCUT2D eigenvalue weighted by Gasteiger charge is -2.28. The molecule has 9 aromatic carbocycles. The molecular weight excluding hydrogens is 677 g/mol. The lowest BCUT2D eigenvalue weighted by molar-refractivity contribution is 1.18. The van der Waals surface area contributed by atoms with E-state index in [2.05, 4.69) is 228 Å². The Labute approximate surface area is 326 Å². The third kappa shape index (κ3) is 5.19. The highest BCUT2D eigenvalue weighted by Crippen LogP contribution is 2.50. The summed E-state index contributed by atoms with van der Waals surface area (Å²) >= 11 is 0. The SMILES string of the molecule is c1ccc(-c2ccc(N(c3ccc4c(c3)-c3ccccc3-c3ccccc3-c3ccccc3-4)c3ccc4c(c3)c3ccccc3n4-c3ccccc3)cc2)cc1. The zero-order valence-electron chi connectivity index (χ0n) is 30.7. The van der Waals surface area contributed by atoms with Crippen LogP contribution in [-0.2, 0) is 0 Å². The van der Waals surface area contributed by atoms with E-state index in [0.29, 0.717) is 0 Å². The summed E-state index contributed by atoms with van der Waals surface area (Å²) in [5.41, 5.74) is 19.1. The molecule has 0 atom stereocenters. The molecule has 0 aliphatic heterocycles. The number of nitrogens with zero attached hydrogens (tertiary/aromatic N) is 2. The molecule has 1 aromatic heterocycles. The maximum atomic E-state index is 2.42. The van der Waals surface area contributed by atoms with Gasteiger partial charge in [0.15, 0.2) is 0 Å². The maximum Gasteiger partial charge on any atom is 0.0542 e. The summed E-state index contributed by atoms with van der Waals surface area (Å²) in [6.07, 6.45) is 0. The summed E-state index contributed by atoms with van der Waals surface area (Å²) < 4.78 is 2.38. The molecule has 0 N–H and O–H groups in total. The first kappa shape index (κ1) is 32.0. The molecule has 0 bridgehead atoms. The molecule has 262 valence electrons. The third-order valence-corrected chi connectivity index (χ3v) is 11.4. The highest BCUT2D eigenvalue weighted by Gasteiger charge is 2.24. The number of hydrogen-bond acceptors (Lipinski definition) is 1. The van der Waals surface area contributed by atoms with Crippen LogP contribution in [-0.4, -0.2) is 4.57 Å². The first-order chi connectivity index (χ1) is 27.8. The summed E-state index contributed by atoms with van der Waals surface area (Å²) in [7, 11) is 0. The molecule has 0 saturated heterocycles. The van der Waals surface area contributed by atoms with Crippen molar-refractivity contribution in [2.75, 3.05) is 4.90 Å². The second-order valence-electron chi connectivity index (χ2n) is 14.5. The molecule has 2 nitrogen and oxygen atoms in total. The van der Waals surface area contributed by atoms with Crippen LogP contribution in [0.15, 0.2) is 218 Å². The Hall–Kier alpha value is -7.42. The van der Waals surface area contributed by atoms with Gasteiger partial charge in [-0.2, -0.15) is 0 Å². The van der Waals surface area contributed by atoms with Gasteiger partial charge in [-0.05, 0) is 116 Å². The molecule has 0 saturated carbocycles. The number of para-hydroxylation sites is 2. The molecule has 0 radical (unpaired) electrons. The summed E-state index contributed by atoms with van der Waals surface area (Å²) in [5.74, 6) is 0. The Kier molecular flexibility index (Phi) is 7.53. The van der Waals surface area contributed by atoms with E-state index >= 15 is 0 Å². The smallest absolute Gasteiger partial charge is 0.0542 e. The van der Waals surface area contributed by atoms with E-state index in [1.165, 1.54) is 77.4 Å². The number of benzene rings is 9. The van der Waals surface area contributed by atoms with Crippen molar-refractivity contribution in [2.45, 2.75) is 0 Å². The average Bonchev–Trinajstić information content (AvgIpc) is 3.61. The lowest BCUT2D eigenvalue weighted by atomic mass is 9.81. The monoisotopic (exact) mass is 712 g/mol. The van der Waals surface area contributed by atoms with Crippen molar-refractivity contribution >= 4 is 38.9 Å². The van der Waals surface area contributed by atoms with E-state index in [4.69, 9.17) is 0 Å². The minimum absolute atomic E-state index is 1.10. The molecule has 2 heteroatoms. The predicted molar refractivity (Wildman–Crippen MR) is 236 cm³/mol. The van der Waals surface area contributed by atoms with Gasteiger partial charge in [-0.1, -0.05) is 158 Å². The maximum absolute atomic E-state index is 2.42. The molecule has 0 amide bonds. The second-order valence-corrected chi connectivity index (χ2v) is 14.5. The molecule has 56 heavy (non-hydrogen) atoms.